The summed E-state index contributed by atoms with van der Waals surface area (Å²) in [5.74, 6) is -0.248. The average Bonchev–Trinajstić information content (AvgIpc) is 4.33. The van der Waals surface area contributed by atoms with Crippen LogP contribution in [0.15, 0.2) is 91.8 Å². The summed E-state index contributed by atoms with van der Waals surface area (Å²) in [5, 5.41) is 55.5. The van der Waals surface area contributed by atoms with Gasteiger partial charge in [0.05, 0.1) is 105 Å². The zero-order chi connectivity index (χ0) is 52.1. The lowest BCUT2D eigenvalue weighted by atomic mass is 9.88. The minimum atomic E-state index is -0.131. The van der Waals surface area contributed by atoms with Crippen molar-refractivity contribution in [2.45, 2.75) is 129 Å². The Balaban J connectivity index is 0.972. The number of hydrogen-bond donors (Lipinski definition) is 0. The number of hydrogen-bond acceptors (Lipinski definition) is 17. The highest BCUT2D eigenvalue weighted by Gasteiger charge is 2.34. The zero-order valence-electron chi connectivity index (χ0n) is 42.7. The first kappa shape index (κ1) is 47.9. The third kappa shape index (κ3) is 9.99. The molecular formula is C53H55N21O3. The highest BCUT2D eigenvalue weighted by molar-refractivity contribution is 5.97. The van der Waals surface area contributed by atoms with E-state index in [1.807, 2.05) is 67.5 Å². The number of amides is 1. The molecule has 20 bridgehead atoms. The van der Waals surface area contributed by atoms with Crippen molar-refractivity contribution >= 4 is 17.5 Å². The standard InChI is InChI=1S/C53H55N21O3/c1-34(75)36-13-47-19-48(14-36)69-29-40(55-61-69)23-67-25-42-31-71(63-57-42)50-16-37(35(2)76)15-49(20-50)70-30-41(56-62-70)24-66(22-39-28-68(47)60-54-39)26-43-32-72(64-58-43)51-17-38(18-52(21-51)73-33-44(27-67)59-65-73)53(77)74(45-9-5-3-6-10-45)46-11-7-4-8-12-46/h13-21,28-33,45-46H,3-12,22-27H2,1-2H3. The maximum absolute atomic E-state index is 15.3. The first-order valence-electron chi connectivity index (χ1n) is 26.3. The Kier molecular flexibility index (Phi) is 12.5. The Hall–Kier alpha value is -8.77. The highest BCUT2D eigenvalue weighted by Crippen LogP contribution is 2.33. The molecule has 14 rings (SSSR count). The van der Waals surface area contributed by atoms with Crippen molar-refractivity contribution in [1.82, 2.24) is 105 Å². The van der Waals surface area contributed by atoms with Gasteiger partial charge in [0, 0.05) is 68.0 Å². The van der Waals surface area contributed by atoms with Crippen LogP contribution in [0.2, 0.25) is 0 Å². The fourth-order valence-electron chi connectivity index (χ4n) is 11.3. The van der Waals surface area contributed by atoms with Gasteiger partial charge in [-0.2, -0.15) is 0 Å². The normalized spacial score (nSPS) is 18.0. The third-order valence-electron chi connectivity index (χ3n) is 15.1. The second-order valence-electron chi connectivity index (χ2n) is 20.8. The van der Waals surface area contributed by atoms with E-state index in [0.717, 1.165) is 51.4 Å². The minimum absolute atomic E-state index is 0.0146. The molecular weight excluding hydrogens is 979 g/mol. The topological polar surface area (TPSA) is 245 Å². The number of aromatic nitrogens is 18. The van der Waals surface area contributed by atoms with Gasteiger partial charge in [0.1, 0.15) is 0 Å². The fourth-order valence-corrected chi connectivity index (χ4v) is 11.3. The van der Waals surface area contributed by atoms with Crippen LogP contribution >= 0.6 is 0 Å². The van der Waals surface area contributed by atoms with Crippen molar-refractivity contribution < 1.29 is 14.4 Å². The summed E-state index contributed by atoms with van der Waals surface area (Å²) >= 11 is 0. The molecule has 2 aliphatic carbocycles. The summed E-state index contributed by atoms with van der Waals surface area (Å²) in [4.78, 5) is 47.8. The minimum Gasteiger partial charge on any atom is -0.333 e. The SMILES string of the molecule is CC(=O)c1cc2cc(c1)-n1cc(nn1)CN1Cc3cn(nn3)-c3cc(C(C)=O)cc(c3)-n3cc(nn3)CN(Cc3cn-2nn3)Cc2cn(nn2)-c2cc(C(=O)N(C3CCCCC3)C3CCCCC3)cc(c2)-n2cc(nn2)C1. The van der Waals surface area contributed by atoms with Gasteiger partial charge in [-0.15, -0.1) is 30.6 Å². The molecule has 390 valence electrons. The molecule has 9 heterocycles. The second-order valence-corrected chi connectivity index (χ2v) is 20.8. The number of carbonyl (C=O) groups is 3. The summed E-state index contributed by atoms with van der Waals surface area (Å²) < 4.78 is 9.98. The van der Waals surface area contributed by atoms with Crippen LogP contribution in [0.4, 0.5) is 0 Å². The summed E-state index contributed by atoms with van der Waals surface area (Å²) in [6.07, 6.45) is 21.9. The van der Waals surface area contributed by atoms with E-state index in [0.29, 0.717) is 124 Å². The van der Waals surface area contributed by atoms with E-state index in [4.69, 9.17) is 10.2 Å². The Morgan fingerprint density at radius 2 is 0.610 bits per heavy atom. The van der Waals surface area contributed by atoms with E-state index in [2.05, 4.69) is 66.4 Å². The van der Waals surface area contributed by atoms with Crippen LogP contribution in [-0.2, 0) is 39.3 Å². The number of nitrogens with zero attached hydrogens (tertiary/aromatic N) is 21. The van der Waals surface area contributed by atoms with E-state index in [-0.39, 0.29) is 29.6 Å². The van der Waals surface area contributed by atoms with E-state index >= 15 is 4.79 Å². The molecule has 24 nitrogen and oxygen atoms in total. The van der Waals surface area contributed by atoms with Crippen molar-refractivity contribution in [1.29, 1.82) is 0 Å². The number of Topliss-reactive ketones (excluding diaryl/α,β-unsaturated/α-hetero) is 2. The van der Waals surface area contributed by atoms with Gasteiger partial charge in [0.15, 0.2) is 11.6 Å². The van der Waals surface area contributed by atoms with Crippen LogP contribution in [-0.4, -0.2) is 134 Å². The summed E-state index contributed by atoms with van der Waals surface area (Å²) in [6.45, 7) is 4.80. The molecule has 24 heteroatoms. The van der Waals surface area contributed by atoms with Gasteiger partial charge in [-0.3, -0.25) is 24.2 Å². The van der Waals surface area contributed by atoms with Gasteiger partial charge < -0.3 is 4.90 Å². The largest absolute Gasteiger partial charge is 0.333 e. The van der Waals surface area contributed by atoms with E-state index in [1.54, 1.807) is 52.4 Å². The number of carbonyl (C=O) groups excluding carboxylic acids is 3. The number of ketones is 2. The second kappa shape index (κ2) is 20.1. The maximum Gasteiger partial charge on any atom is 0.254 e. The van der Waals surface area contributed by atoms with Crippen molar-refractivity contribution in [2.75, 3.05) is 0 Å². The molecule has 2 saturated carbocycles. The van der Waals surface area contributed by atoms with E-state index in [1.165, 1.54) is 26.7 Å². The maximum atomic E-state index is 15.3. The van der Waals surface area contributed by atoms with Crippen LogP contribution in [0.1, 0.15) is 143 Å². The van der Waals surface area contributed by atoms with Crippen LogP contribution in [0.25, 0.3) is 34.1 Å². The third-order valence-corrected chi connectivity index (χ3v) is 15.1. The lowest BCUT2D eigenvalue weighted by molar-refractivity contribution is 0.0448. The monoisotopic (exact) mass is 1030 g/mol. The van der Waals surface area contributed by atoms with Crippen LogP contribution in [0, 0.1) is 0 Å². The molecule has 0 atom stereocenters. The molecule has 2 fully saturated rings. The summed E-state index contributed by atoms with van der Waals surface area (Å²) in [5.41, 5.74) is 8.94. The molecule has 1 amide bonds. The molecule has 0 spiro atoms. The molecule has 3 aliphatic heterocycles. The zero-order valence-corrected chi connectivity index (χ0v) is 42.7. The number of rotatable bonds is 5. The molecule has 9 aromatic rings. The van der Waals surface area contributed by atoms with Gasteiger partial charge in [-0.05, 0) is 94.1 Å². The Morgan fingerprint density at radius 1 is 0.364 bits per heavy atom. The van der Waals surface area contributed by atoms with Gasteiger partial charge in [-0.1, -0.05) is 69.8 Å². The first-order valence-corrected chi connectivity index (χ1v) is 26.3. The predicted octanol–water partition coefficient (Wildman–Crippen LogP) is 5.72. The van der Waals surface area contributed by atoms with E-state index < -0.39 is 0 Å². The molecule has 3 aromatic carbocycles. The van der Waals surface area contributed by atoms with Gasteiger partial charge in [0.2, 0.25) is 0 Å². The van der Waals surface area contributed by atoms with Crippen LogP contribution in [0.5, 0.6) is 0 Å². The molecule has 0 saturated heterocycles. The highest BCUT2D eigenvalue weighted by atomic mass is 16.2. The molecule has 6 aromatic heterocycles. The quantitative estimate of drug-likeness (QED) is 0.187. The molecule has 0 unspecified atom stereocenters. The van der Waals surface area contributed by atoms with Gasteiger partial charge in [-0.25, -0.2) is 28.1 Å². The summed E-state index contributed by atoms with van der Waals surface area (Å²) in [7, 11) is 0. The van der Waals surface area contributed by atoms with E-state index in [9.17, 15) is 9.59 Å². The fraction of sp³-hybridized carbons (Fsp3) is 0.377. The lowest BCUT2D eigenvalue weighted by Crippen LogP contribution is -2.48. The molecule has 0 radical (unpaired) electrons. The smallest absolute Gasteiger partial charge is 0.254 e. The Bertz CT molecular complexity index is 3330. The molecule has 5 aliphatic rings. The Morgan fingerprint density at radius 3 is 0.857 bits per heavy atom. The van der Waals surface area contributed by atoms with Gasteiger partial charge >= 0.3 is 0 Å². The Labute approximate surface area is 441 Å². The van der Waals surface area contributed by atoms with Crippen molar-refractivity contribution in [3.8, 4) is 34.1 Å². The van der Waals surface area contributed by atoms with Crippen LogP contribution < -0.4 is 0 Å². The molecule has 77 heavy (non-hydrogen) atoms. The predicted molar refractivity (Wildman–Crippen MR) is 275 cm³/mol. The average molecular weight is 1030 g/mol. The number of benzene rings is 3. The molecule has 0 N–H and O–H groups in total. The first-order chi connectivity index (χ1) is 37.6. The lowest BCUT2D eigenvalue weighted by Gasteiger charge is -2.42. The van der Waals surface area contributed by atoms with Crippen LogP contribution in [0.3, 0.4) is 0 Å². The van der Waals surface area contributed by atoms with Crippen molar-refractivity contribution in [3.63, 3.8) is 0 Å². The van der Waals surface area contributed by atoms with Crippen molar-refractivity contribution in [2.24, 2.45) is 0 Å². The van der Waals surface area contributed by atoms with Gasteiger partial charge in [0.25, 0.3) is 5.91 Å². The summed E-state index contributed by atoms with van der Waals surface area (Å²) in [6, 6.07) is 17.0. The van der Waals surface area contributed by atoms with Crippen molar-refractivity contribution in [3.05, 3.63) is 143 Å².